The summed E-state index contributed by atoms with van der Waals surface area (Å²) in [6.07, 6.45) is 1.84. The van der Waals surface area contributed by atoms with Crippen molar-refractivity contribution in [1.82, 2.24) is 4.90 Å². The summed E-state index contributed by atoms with van der Waals surface area (Å²) in [5.41, 5.74) is 3.24. The van der Waals surface area contributed by atoms with Gasteiger partial charge in [-0.05, 0) is 30.3 Å². The number of hydrogen-bond acceptors (Lipinski definition) is 2. The Labute approximate surface area is 176 Å². The van der Waals surface area contributed by atoms with Gasteiger partial charge in [-0.25, -0.2) is 0 Å². The van der Waals surface area contributed by atoms with Gasteiger partial charge in [0.2, 0.25) is 0 Å². The average molecular weight is 410 g/mol. The predicted molar refractivity (Wildman–Crippen MR) is 118 cm³/mol. The molecule has 3 aromatic rings. The summed E-state index contributed by atoms with van der Waals surface area (Å²) in [6.45, 7) is 1.23. The van der Waals surface area contributed by atoms with Gasteiger partial charge in [0, 0.05) is 24.2 Å². The number of halogens is 2. The summed E-state index contributed by atoms with van der Waals surface area (Å²) in [4.78, 5) is 15.3. The van der Waals surface area contributed by atoms with Crippen molar-refractivity contribution in [1.29, 1.82) is 0 Å². The van der Waals surface area contributed by atoms with Crippen LogP contribution in [0.2, 0.25) is 10.0 Å². The van der Waals surface area contributed by atoms with Crippen molar-refractivity contribution in [2.45, 2.75) is 6.54 Å². The van der Waals surface area contributed by atoms with Crippen molar-refractivity contribution < 1.29 is 4.79 Å². The minimum atomic E-state index is -0.0171. The zero-order chi connectivity index (χ0) is 19.9. The Morgan fingerprint density at radius 2 is 1.54 bits per heavy atom. The van der Waals surface area contributed by atoms with Crippen LogP contribution in [0.4, 0.5) is 0 Å². The summed E-state index contributed by atoms with van der Waals surface area (Å²) in [5, 5.41) is 0.924. The third-order valence-corrected chi connectivity index (χ3v) is 5.21. The summed E-state index contributed by atoms with van der Waals surface area (Å²) < 4.78 is 0. The van der Waals surface area contributed by atoms with E-state index < -0.39 is 0 Å². The van der Waals surface area contributed by atoms with E-state index >= 15 is 0 Å². The first-order valence-electron chi connectivity index (χ1n) is 9.01. The first-order chi connectivity index (χ1) is 13.5. The molecule has 0 radical (unpaired) electrons. The van der Waals surface area contributed by atoms with Gasteiger partial charge in [-0.15, -0.1) is 0 Å². The molecule has 0 fully saturated rings. The smallest absolute Gasteiger partial charge is 0.190 e. The van der Waals surface area contributed by atoms with Crippen LogP contribution < -0.4 is 0 Å². The van der Waals surface area contributed by atoms with Crippen LogP contribution in [0.3, 0.4) is 0 Å². The van der Waals surface area contributed by atoms with Gasteiger partial charge >= 0.3 is 0 Å². The number of likely N-dealkylation sites (N-methyl/N-ethyl adjacent to an activating group) is 1. The molecule has 0 unspecified atom stereocenters. The summed E-state index contributed by atoms with van der Waals surface area (Å²) >= 11 is 12.5. The van der Waals surface area contributed by atoms with Crippen molar-refractivity contribution in [2.75, 3.05) is 13.6 Å². The monoisotopic (exact) mass is 409 g/mol. The van der Waals surface area contributed by atoms with E-state index in [1.165, 1.54) is 5.56 Å². The van der Waals surface area contributed by atoms with Crippen molar-refractivity contribution in [3.05, 3.63) is 111 Å². The highest BCUT2D eigenvalue weighted by Gasteiger charge is 2.16. The Balaban J connectivity index is 1.91. The van der Waals surface area contributed by atoms with Gasteiger partial charge in [0.1, 0.15) is 0 Å². The molecule has 3 aromatic carbocycles. The average Bonchev–Trinajstić information content (AvgIpc) is 2.71. The molecule has 0 spiro atoms. The zero-order valence-corrected chi connectivity index (χ0v) is 17.1. The summed E-state index contributed by atoms with van der Waals surface area (Å²) in [5.74, 6) is -0.0171. The molecule has 4 heteroatoms. The molecule has 0 amide bonds. The molecule has 0 aliphatic heterocycles. The van der Waals surface area contributed by atoms with Gasteiger partial charge in [-0.3, -0.25) is 9.69 Å². The van der Waals surface area contributed by atoms with E-state index in [1.807, 2.05) is 73.8 Å². The second-order valence-corrected chi connectivity index (χ2v) is 7.45. The van der Waals surface area contributed by atoms with E-state index in [1.54, 1.807) is 6.07 Å². The van der Waals surface area contributed by atoms with Gasteiger partial charge < -0.3 is 0 Å². The molecule has 0 saturated heterocycles. The van der Waals surface area contributed by atoms with Gasteiger partial charge in [-0.2, -0.15) is 0 Å². The number of carbonyl (C=O) groups is 1. The number of rotatable bonds is 7. The maximum atomic E-state index is 13.2. The topological polar surface area (TPSA) is 20.3 Å². The van der Waals surface area contributed by atoms with Gasteiger partial charge in [0.15, 0.2) is 5.78 Å². The van der Waals surface area contributed by atoms with Crippen LogP contribution in [0.15, 0.2) is 84.4 Å². The highest BCUT2D eigenvalue weighted by molar-refractivity contribution is 6.43. The number of carbonyl (C=O) groups excluding carboxylic acids is 1. The van der Waals surface area contributed by atoms with Crippen molar-refractivity contribution >= 4 is 35.1 Å². The highest BCUT2D eigenvalue weighted by Crippen LogP contribution is 2.28. The molecule has 0 saturated carbocycles. The maximum Gasteiger partial charge on any atom is 0.190 e. The lowest BCUT2D eigenvalue weighted by Crippen LogP contribution is -2.24. The normalized spacial score (nSPS) is 11.6. The third-order valence-electron chi connectivity index (χ3n) is 4.37. The molecule has 28 heavy (non-hydrogen) atoms. The zero-order valence-electron chi connectivity index (χ0n) is 15.6. The van der Waals surface area contributed by atoms with E-state index in [-0.39, 0.29) is 5.78 Å². The molecule has 0 heterocycles. The second-order valence-electron chi connectivity index (χ2n) is 6.67. The standard InChI is InChI=1S/C24H21Cl2NO/c1-27(16-18-9-4-2-5-10-18)17-21(24(28)19-11-6-3-7-12-19)15-20-13-8-14-22(25)23(20)26/h2-15H,16-17H2,1H3/b21-15+. The van der Waals surface area contributed by atoms with Crippen molar-refractivity contribution in [3.63, 3.8) is 0 Å². The fourth-order valence-electron chi connectivity index (χ4n) is 3.02. The second kappa shape index (κ2) is 9.70. The van der Waals surface area contributed by atoms with Crippen molar-refractivity contribution in [3.8, 4) is 0 Å². The first-order valence-corrected chi connectivity index (χ1v) is 9.77. The number of benzene rings is 3. The lowest BCUT2D eigenvalue weighted by molar-refractivity contribution is 0.102. The Morgan fingerprint density at radius 3 is 2.21 bits per heavy atom. The van der Waals surface area contributed by atoms with E-state index in [0.717, 1.165) is 12.1 Å². The molecule has 142 valence electrons. The Bertz CT molecular complexity index is 968. The fourth-order valence-corrected chi connectivity index (χ4v) is 3.38. The molecule has 0 aromatic heterocycles. The minimum Gasteiger partial charge on any atom is -0.298 e. The largest absolute Gasteiger partial charge is 0.298 e. The molecule has 0 aliphatic rings. The molecule has 3 rings (SSSR count). The molecule has 0 atom stereocenters. The Kier molecular flexibility index (Phi) is 7.05. The minimum absolute atomic E-state index is 0.0171. The molecule has 2 nitrogen and oxygen atoms in total. The number of ketones is 1. The van der Waals surface area contributed by atoms with E-state index in [4.69, 9.17) is 23.2 Å². The van der Waals surface area contributed by atoms with Gasteiger partial charge in [-0.1, -0.05) is 96.0 Å². The first kappa shape index (κ1) is 20.3. The number of Topliss-reactive ketones (excluding diaryl/α,β-unsaturated/α-hetero) is 1. The predicted octanol–water partition coefficient (Wildman–Crippen LogP) is 6.39. The highest BCUT2D eigenvalue weighted by atomic mass is 35.5. The van der Waals surface area contributed by atoms with Crippen LogP contribution in [-0.2, 0) is 6.54 Å². The van der Waals surface area contributed by atoms with Crippen LogP contribution in [0.25, 0.3) is 6.08 Å². The van der Waals surface area contributed by atoms with Crippen LogP contribution >= 0.6 is 23.2 Å². The molecular formula is C24H21Cl2NO. The lowest BCUT2D eigenvalue weighted by atomic mass is 10.00. The maximum absolute atomic E-state index is 13.2. The van der Waals surface area contributed by atoms with E-state index in [9.17, 15) is 4.79 Å². The van der Waals surface area contributed by atoms with Crippen LogP contribution in [0.5, 0.6) is 0 Å². The van der Waals surface area contributed by atoms with Gasteiger partial charge in [0.25, 0.3) is 0 Å². The van der Waals surface area contributed by atoms with Crippen LogP contribution in [0, 0.1) is 0 Å². The SMILES string of the molecule is CN(C/C(=C\c1cccc(Cl)c1Cl)C(=O)c1ccccc1)Cc1ccccc1. The molecule has 0 N–H and O–H groups in total. The molecule has 0 bridgehead atoms. The quantitative estimate of drug-likeness (QED) is 0.332. The van der Waals surface area contributed by atoms with E-state index in [0.29, 0.717) is 27.7 Å². The lowest BCUT2D eigenvalue weighted by Gasteiger charge is -2.19. The molecular weight excluding hydrogens is 389 g/mol. The van der Waals surface area contributed by atoms with Crippen LogP contribution in [-0.4, -0.2) is 24.3 Å². The number of nitrogens with zero attached hydrogens (tertiary/aromatic N) is 1. The van der Waals surface area contributed by atoms with Crippen LogP contribution in [0.1, 0.15) is 21.5 Å². The summed E-state index contributed by atoms with van der Waals surface area (Å²) in [6, 6.07) is 24.9. The van der Waals surface area contributed by atoms with Crippen molar-refractivity contribution in [2.24, 2.45) is 0 Å². The summed E-state index contributed by atoms with van der Waals surface area (Å²) in [7, 11) is 2.00. The number of hydrogen-bond donors (Lipinski definition) is 0. The fraction of sp³-hybridized carbons (Fsp3) is 0.125. The van der Waals surface area contributed by atoms with Gasteiger partial charge in [0.05, 0.1) is 10.0 Å². The third kappa shape index (κ3) is 5.32. The molecule has 0 aliphatic carbocycles. The van der Waals surface area contributed by atoms with E-state index in [2.05, 4.69) is 17.0 Å². The Hall–Kier alpha value is -2.39. The Morgan fingerprint density at radius 1 is 0.893 bits per heavy atom.